The van der Waals surface area contributed by atoms with Crippen molar-refractivity contribution in [1.82, 2.24) is 0 Å². The fourth-order valence-electron chi connectivity index (χ4n) is 4.04. The van der Waals surface area contributed by atoms with Gasteiger partial charge < -0.3 is 10.1 Å². The van der Waals surface area contributed by atoms with Crippen LogP contribution in [0.4, 0.5) is 11.4 Å². The lowest BCUT2D eigenvalue weighted by Crippen LogP contribution is -1.98. The first kappa shape index (κ1) is 24.3. The molecule has 0 spiro atoms. The molecule has 0 heterocycles. The Morgan fingerprint density at radius 3 is 1.80 bits per heavy atom. The number of anilines is 2. The number of unbranched alkanes of at least 4 members (excludes halogenated alkanes) is 12. The molecule has 0 radical (unpaired) electrons. The van der Waals surface area contributed by atoms with Crippen molar-refractivity contribution in [3.05, 3.63) is 54.1 Å². The van der Waals surface area contributed by atoms with Gasteiger partial charge in [0.1, 0.15) is 5.75 Å². The van der Waals surface area contributed by atoms with Crippen molar-refractivity contribution in [2.75, 3.05) is 12.4 Å². The van der Waals surface area contributed by atoms with Crippen LogP contribution in [-0.4, -0.2) is 7.11 Å². The average Bonchev–Trinajstić information content (AvgIpc) is 2.78. The molecule has 0 fully saturated rings. The number of rotatable bonds is 17. The molecule has 2 nitrogen and oxygen atoms in total. The highest BCUT2D eigenvalue weighted by atomic mass is 16.5. The van der Waals surface area contributed by atoms with E-state index in [9.17, 15) is 0 Å². The molecule has 0 saturated carbocycles. The summed E-state index contributed by atoms with van der Waals surface area (Å²) < 4.78 is 5.45. The third-order valence-electron chi connectivity index (χ3n) is 5.91. The molecule has 0 aromatic heterocycles. The summed E-state index contributed by atoms with van der Waals surface area (Å²) >= 11 is 0. The van der Waals surface area contributed by atoms with E-state index >= 15 is 0 Å². The Balaban J connectivity index is 1.61. The molecule has 0 saturated heterocycles. The van der Waals surface area contributed by atoms with E-state index in [4.69, 9.17) is 4.74 Å². The van der Waals surface area contributed by atoms with Gasteiger partial charge in [-0.05, 0) is 48.7 Å². The monoisotopic (exact) mass is 409 g/mol. The van der Waals surface area contributed by atoms with Crippen LogP contribution in [-0.2, 0) is 6.42 Å². The van der Waals surface area contributed by atoms with Crippen molar-refractivity contribution in [2.24, 2.45) is 0 Å². The third-order valence-corrected chi connectivity index (χ3v) is 5.91. The topological polar surface area (TPSA) is 21.3 Å². The minimum atomic E-state index is 0.943. The zero-order valence-corrected chi connectivity index (χ0v) is 19.4. The minimum absolute atomic E-state index is 0.943. The first-order chi connectivity index (χ1) is 14.8. The normalized spacial score (nSPS) is 10.9. The van der Waals surface area contributed by atoms with Gasteiger partial charge in [-0.2, -0.15) is 0 Å². The Bertz CT molecular complexity index is 668. The second-order valence-corrected chi connectivity index (χ2v) is 8.51. The maximum Gasteiger partial charge on any atom is 0.119 e. The molecule has 2 aromatic rings. The minimum Gasteiger partial charge on any atom is -0.497 e. The van der Waals surface area contributed by atoms with E-state index in [1.54, 1.807) is 7.11 Å². The van der Waals surface area contributed by atoms with E-state index in [1.165, 1.54) is 94.7 Å². The van der Waals surface area contributed by atoms with Crippen molar-refractivity contribution in [2.45, 2.75) is 96.8 Å². The Morgan fingerprint density at radius 1 is 0.667 bits per heavy atom. The van der Waals surface area contributed by atoms with Crippen molar-refractivity contribution >= 4 is 11.4 Å². The van der Waals surface area contributed by atoms with E-state index < -0.39 is 0 Å². The number of aryl methyl sites for hydroxylation is 1. The maximum atomic E-state index is 5.45. The Kier molecular flexibility index (Phi) is 12.8. The molecule has 0 bridgehead atoms. The molecule has 1 N–H and O–H groups in total. The summed E-state index contributed by atoms with van der Waals surface area (Å²) in [6.45, 7) is 2.29. The van der Waals surface area contributed by atoms with Crippen LogP contribution in [0, 0.1) is 0 Å². The molecule has 0 atom stereocenters. The summed E-state index contributed by atoms with van der Waals surface area (Å²) in [5.41, 5.74) is 3.68. The molecule has 2 rings (SSSR count). The Hall–Kier alpha value is -1.96. The van der Waals surface area contributed by atoms with Gasteiger partial charge in [-0.1, -0.05) is 102 Å². The summed E-state index contributed by atoms with van der Waals surface area (Å²) in [6.07, 6.45) is 19.2. The molecule has 0 aliphatic heterocycles. The van der Waals surface area contributed by atoms with Gasteiger partial charge in [-0.15, -0.1) is 0 Å². The molecule has 166 valence electrons. The number of methoxy groups -OCH3 is 1. The van der Waals surface area contributed by atoms with Crippen LogP contribution in [0.2, 0.25) is 0 Å². The van der Waals surface area contributed by atoms with Crippen molar-refractivity contribution in [3.8, 4) is 5.75 Å². The molecule has 30 heavy (non-hydrogen) atoms. The first-order valence-electron chi connectivity index (χ1n) is 12.3. The van der Waals surface area contributed by atoms with Gasteiger partial charge in [-0.25, -0.2) is 0 Å². The lowest BCUT2D eigenvalue weighted by atomic mass is 10.0. The van der Waals surface area contributed by atoms with Gasteiger partial charge in [-0.3, -0.25) is 0 Å². The molecule has 0 amide bonds. The van der Waals surface area contributed by atoms with Crippen LogP contribution in [0.3, 0.4) is 0 Å². The second-order valence-electron chi connectivity index (χ2n) is 8.51. The maximum absolute atomic E-state index is 5.45. The molecule has 0 aliphatic carbocycles. The van der Waals surface area contributed by atoms with E-state index in [2.05, 4.69) is 48.6 Å². The van der Waals surface area contributed by atoms with Crippen LogP contribution in [0.1, 0.15) is 96.0 Å². The molecule has 0 unspecified atom stereocenters. The van der Waals surface area contributed by atoms with E-state index in [-0.39, 0.29) is 0 Å². The van der Waals surface area contributed by atoms with Gasteiger partial charge in [0.15, 0.2) is 0 Å². The SMILES string of the molecule is CCCCCCCCCCCCCCCc1cc(OC)ccc1Nc1ccccc1. The first-order valence-corrected chi connectivity index (χ1v) is 12.3. The van der Waals surface area contributed by atoms with Gasteiger partial charge in [0.05, 0.1) is 7.11 Å². The average molecular weight is 410 g/mol. The highest BCUT2D eigenvalue weighted by Crippen LogP contribution is 2.27. The van der Waals surface area contributed by atoms with E-state index in [0.717, 1.165) is 17.9 Å². The smallest absolute Gasteiger partial charge is 0.119 e. The summed E-state index contributed by atoms with van der Waals surface area (Å²) in [5.74, 6) is 0.943. The number of hydrogen-bond donors (Lipinski definition) is 1. The number of nitrogens with one attached hydrogen (secondary N) is 1. The predicted molar refractivity (Wildman–Crippen MR) is 132 cm³/mol. The van der Waals surface area contributed by atoms with Gasteiger partial charge in [0.25, 0.3) is 0 Å². The van der Waals surface area contributed by atoms with Crippen molar-refractivity contribution in [3.63, 3.8) is 0 Å². The van der Waals surface area contributed by atoms with Crippen molar-refractivity contribution in [1.29, 1.82) is 0 Å². The van der Waals surface area contributed by atoms with E-state index in [1.807, 2.05) is 12.1 Å². The molecule has 0 aliphatic rings. The van der Waals surface area contributed by atoms with Crippen LogP contribution in [0.25, 0.3) is 0 Å². The zero-order chi connectivity index (χ0) is 21.3. The lowest BCUT2D eigenvalue weighted by molar-refractivity contribution is 0.414. The molecule has 2 aromatic carbocycles. The third kappa shape index (κ3) is 10.2. The zero-order valence-electron chi connectivity index (χ0n) is 19.4. The second kappa shape index (κ2) is 15.8. The molecular formula is C28H43NO. The molecular weight excluding hydrogens is 366 g/mol. The number of ether oxygens (including phenoxy) is 1. The van der Waals surface area contributed by atoms with Crippen LogP contribution >= 0.6 is 0 Å². The fraction of sp³-hybridized carbons (Fsp3) is 0.571. The molecule has 2 heteroatoms. The van der Waals surface area contributed by atoms with Crippen LogP contribution in [0.15, 0.2) is 48.5 Å². The van der Waals surface area contributed by atoms with Crippen molar-refractivity contribution < 1.29 is 4.74 Å². The summed E-state index contributed by atoms with van der Waals surface area (Å²) in [4.78, 5) is 0. The summed E-state index contributed by atoms with van der Waals surface area (Å²) in [6, 6.07) is 16.8. The number of para-hydroxylation sites is 1. The summed E-state index contributed by atoms with van der Waals surface area (Å²) in [5, 5.41) is 3.56. The van der Waals surface area contributed by atoms with Gasteiger partial charge >= 0.3 is 0 Å². The van der Waals surface area contributed by atoms with E-state index in [0.29, 0.717) is 0 Å². The summed E-state index contributed by atoms with van der Waals surface area (Å²) in [7, 11) is 1.74. The van der Waals surface area contributed by atoms with Gasteiger partial charge in [0, 0.05) is 11.4 Å². The number of hydrogen-bond acceptors (Lipinski definition) is 2. The van der Waals surface area contributed by atoms with Gasteiger partial charge in [0.2, 0.25) is 0 Å². The van der Waals surface area contributed by atoms with Crippen LogP contribution < -0.4 is 10.1 Å². The predicted octanol–water partition coefficient (Wildman–Crippen LogP) is 9.07. The highest BCUT2D eigenvalue weighted by molar-refractivity contribution is 5.64. The quantitative estimate of drug-likeness (QED) is 0.263. The fourth-order valence-corrected chi connectivity index (χ4v) is 4.04. The number of benzene rings is 2. The largest absolute Gasteiger partial charge is 0.497 e. The standard InChI is InChI=1S/C28H43NO/c1-3-4-5-6-7-8-9-10-11-12-13-14-16-19-25-24-27(30-2)22-23-28(25)29-26-20-17-15-18-21-26/h15,17-18,20-24,29H,3-14,16,19H2,1-2H3. The van der Waals surface area contributed by atoms with Crippen LogP contribution in [0.5, 0.6) is 5.75 Å². The Labute approximate surface area is 185 Å². The highest BCUT2D eigenvalue weighted by Gasteiger charge is 2.05. The Morgan fingerprint density at radius 2 is 1.23 bits per heavy atom. The lowest BCUT2D eigenvalue weighted by Gasteiger charge is -2.14.